The van der Waals surface area contributed by atoms with Crippen LogP contribution in [0.5, 0.6) is 0 Å². The van der Waals surface area contributed by atoms with Gasteiger partial charge in [-0.2, -0.15) is 9.78 Å². The number of anilines is 2. The highest BCUT2D eigenvalue weighted by Gasteiger charge is 2.36. The topological polar surface area (TPSA) is 118 Å². The van der Waals surface area contributed by atoms with E-state index in [2.05, 4.69) is 20.2 Å². The van der Waals surface area contributed by atoms with Crippen molar-refractivity contribution >= 4 is 22.7 Å². The van der Waals surface area contributed by atoms with Crippen molar-refractivity contribution in [3.63, 3.8) is 0 Å². The van der Waals surface area contributed by atoms with Gasteiger partial charge in [0.2, 0.25) is 0 Å². The van der Waals surface area contributed by atoms with Crippen molar-refractivity contribution < 1.29 is 9.84 Å². The summed E-state index contributed by atoms with van der Waals surface area (Å²) >= 11 is 0. The number of hydrogen-bond donors (Lipinski definition) is 3. The van der Waals surface area contributed by atoms with Gasteiger partial charge in [-0.3, -0.25) is 5.10 Å². The number of nitrogen functional groups attached to an aromatic ring is 1. The van der Waals surface area contributed by atoms with Crippen LogP contribution in [0, 0.1) is 0 Å². The van der Waals surface area contributed by atoms with Crippen molar-refractivity contribution in [2.75, 3.05) is 36.9 Å². The molecule has 1 saturated carbocycles. The van der Waals surface area contributed by atoms with Crippen molar-refractivity contribution in [3.8, 4) is 5.82 Å². The van der Waals surface area contributed by atoms with Crippen LogP contribution in [0.1, 0.15) is 37.7 Å². The summed E-state index contributed by atoms with van der Waals surface area (Å²) in [7, 11) is 0. The molecule has 1 aliphatic carbocycles. The molecule has 3 aromatic heterocycles. The van der Waals surface area contributed by atoms with E-state index >= 15 is 0 Å². The maximum absolute atomic E-state index is 11.5. The number of rotatable bonds is 3. The van der Waals surface area contributed by atoms with Gasteiger partial charge in [-0.1, -0.05) is 19.3 Å². The molecule has 9 heteroatoms. The molecule has 9 nitrogen and oxygen atoms in total. The zero-order chi connectivity index (χ0) is 19.1. The molecule has 3 aromatic rings. The fourth-order valence-corrected chi connectivity index (χ4v) is 4.39. The van der Waals surface area contributed by atoms with Crippen LogP contribution in [-0.4, -0.2) is 56.4 Å². The van der Waals surface area contributed by atoms with E-state index in [1.54, 1.807) is 10.9 Å². The van der Waals surface area contributed by atoms with Gasteiger partial charge in [0.1, 0.15) is 5.82 Å². The Morgan fingerprint density at radius 3 is 2.68 bits per heavy atom. The summed E-state index contributed by atoms with van der Waals surface area (Å²) in [5.74, 6) is 1.89. The largest absolute Gasteiger partial charge is 0.385 e. The number of nitrogens with zero attached hydrogens (tertiary/aromatic N) is 5. The third-order valence-corrected chi connectivity index (χ3v) is 5.88. The van der Waals surface area contributed by atoms with Crippen LogP contribution in [0.4, 0.5) is 11.6 Å². The van der Waals surface area contributed by atoms with Gasteiger partial charge in [0.15, 0.2) is 17.3 Å². The van der Waals surface area contributed by atoms with Crippen molar-refractivity contribution in [2.24, 2.45) is 0 Å². The van der Waals surface area contributed by atoms with E-state index in [9.17, 15) is 5.11 Å². The summed E-state index contributed by atoms with van der Waals surface area (Å²) in [5.41, 5.74) is 6.89. The summed E-state index contributed by atoms with van der Waals surface area (Å²) < 4.78 is 7.17. The highest BCUT2D eigenvalue weighted by Crippen LogP contribution is 2.43. The number of H-pyrrole nitrogens is 1. The predicted octanol–water partition coefficient (Wildman–Crippen LogP) is 1.71. The fourth-order valence-electron chi connectivity index (χ4n) is 4.39. The van der Waals surface area contributed by atoms with Gasteiger partial charge in [0.05, 0.1) is 30.4 Å². The zero-order valence-electron chi connectivity index (χ0n) is 15.8. The molecule has 0 amide bonds. The molecule has 0 spiro atoms. The number of ether oxygens (including phenoxy) is 1. The fraction of sp³-hybridized carbons (Fsp3) is 0.526. The van der Waals surface area contributed by atoms with E-state index in [-0.39, 0.29) is 0 Å². The molecule has 2 aliphatic rings. The minimum atomic E-state index is -0.906. The smallest absolute Gasteiger partial charge is 0.169 e. The van der Waals surface area contributed by atoms with Crippen molar-refractivity contribution in [2.45, 2.75) is 37.7 Å². The molecular weight excluding hydrogens is 358 g/mol. The first-order valence-electron chi connectivity index (χ1n) is 9.90. The lowest BCUT2D eigenvalue weighted by Gasteiger charge is -2.34. The molecule has 0 aromatic carbocycles. The van der Waals surface area contributed by atoms with E-state index in [4.69, 9.17) is 15.5 Å². The van der Waals surface area contributed by atoms with E-state index in [0.717, 1.165) is 62.0 Å². The van der Waals surface area contributed by atoms with Gasteiger partial charge < -0.3 is 20.5 Å². The Balaban J connectivity index is 1.74. The van der Waals surface area contributed by atoms with E-state index in [1.165, 1.54) is 0 Å². The minimum Gasteiger partial charge on any atom is -0.385 e. The Kier molecular flexibility index (Phi) is 4.21. The van der Waals surface area contributed by atoms with Crippen LogP contribution in [-0.2, 0) is 10.3 Å². The number of aromatic nitrogens is 5. The summed E-state index contributed by atoms with van der Waals surface area (Å²) in [5, 5.41) is 23.7. The van der Waals surface area contributed by atoms with Gasteiger partial charge in [-0.15, -0.1) is 5.10 Å². The van der Waals surface area contributed by atoms with Crippen LogP contribution in [0.25, 0.3) is 16.9 Å². The van der Waals surface area contributed by atoms with E-state index in [0.29, 0.717) is 30.5 Å². The maximum Gasteiger partial charge on any atom is 0.169 e. The molecule has 4 heterocycles. The van der Waals surface area contributed by atoms with Gasteiger partial charge in [-0.05, 0) is 18.9 Å². The minimum absolute atomic E-state index is 0.375. The van der Waals surface area contributed by atoms with Crippen molar-refractivity contribution in [1.29, 1.82) is 0 Å². The van der Waals surface area contributed by atoms with E-state index in [1.807, 2.05) is 12.1 Å². The number of fused-ring (bicyclic) bond motifs is 1. The molecule has 0 bridgehead atoms. The van der Waals surface area contributed by atoms with Crippen LogP contribution in [0.3, 0.4) is 0 Å². The van der Waals surface area contributed by atoms with Crippen LogP contribution < -0.4 is 10.6 Å². The summed E-state index contributed by atoms with van der Waals surface area (Å²) in [6.07, 6.45) is 6.27. The molecule has 0 atom stereocenters. The lowest BCUT2D eigenvalue weighted by atomic mass is 9.79. The number of nitrogens with one attached hydrogen (secondary N) is 1. The maximum atomic E-state index is 11.5. The highest BCUT2D eigenvalue weighted by molar-refractivity contribution is 5.92. The van der Waals surface area contributed by atoms with Gasteiger partial charge in [-0.25, -0.2) is 4.98 Å². The molecule has 5 rings (SSSR count). The van der Waals surface area contributed by atoms with E-state index < -0.39 is 5.60 Å². The van der Waals surface area contributed by atoms with Gasteiger partial charge in [0.25, 0.3) is 0 Å². The number of morpholine rings is 1. The molecule has 1 saturated heterocycles. The average molecular weight is 383 g/mol. The van der Waals surface area contributed by atoms with Crippen LogP contribution >= 0.6 is 0 Å². The quantitative estimate of drug-likeness (QED) is 0.630. The Labute approximate surface area is 162 Å². The normalized spacial score (nSPS) is 20.0. The molecule has 2 fully saturated rings. The first kappa shape index (κ1) is 17.4. The van der Waals surface area contributed by atoms with Crippen LogP contribution in [0.2, 0.25) is 0 Å². The lowest BCUT2D eigenvalue weighted by molar-refractivity contribution is 0.000752. The summed E-state index contributed by atoms with van der Waals surface area (Å²) in [6.45, 7) is 2.87. The molecule has 1 aliphatic heterocycles. The molecule has 148 valence electrons. The molecule has 0 radical (unpaired) electrons. The lowest BCUT2D eigenvalue weighted by Crippen LogP contribution is -2.37. The van der Waals surface area contributed by atoms with Crippen LogP contribution in [0.15, 0.2) is 18.3 Å². The third kappa shape index (κ3) is 2.82. The number of aromatic amines is 1. The second-order valence-corrected chi connectivity index (χ2v) is 7.66. The van der Waals surface area contributed by atoms with Gasteiger partial charge in [0, 0.05) is 24.7 Å². The average Bonchev–Trinajstić information content (AvgIpc) is 3.37. The standard InChI is InChI=1S/C19H25N7O2/c20-17-16-13(19(27)5-2-1-3-6-19)12-15(25-8-10-28-11-9-25)22-18(16)26(24-17)14-4-7-21-23-14/h4,7,12,27H,1-3,5-6,8-11H2,(H2,20,24)(H,21,23). The first-order valence-corrected chi connectivity index (χ1v) is 9.90. The molecule has 4 N–H and O–H groups in total. The summed E-state index contributed by atoms with van der Waals surface area (Å²) in [4.78, 5) is 7.09. The number of aliphatic hydroxyl groups is 1. The Morgan fingerprint density at radius 1 is 1.18 bits per heavy atom. The Morgan fingerprint density at radius 2 is 1.96 bits per heavy atom. The predicted molar refractivity (Wildman–Crippen MR) is 105 cm³/mol. The third-order valence-electron chi connectivity index (χ3n) is 5.88. The van der Waals surface area contributed by atoms with Crippen molar-refractivity contribution in [1.82, 2.24) is 25.0 Å². The molecule has 28 heavy (non-hydrogen) atoms. The van der Waals surface area contributed by atoms with Crippen molar-refractivity contribution in [3.05, 3.63) is 23.9 Å². The Bertz CT molecular complexity index is 970. The Hall–Kier alpha value is -2.65. The number of hydrogen-bond acceptors (Lipinski definition) is 7. The summed E-state index contributed by atoms with van der Waals surface area (Å²) in [6, 6.07) is 3.83. The monoisotopic (exact) mass is 383 g/mol. The molecule has 0 unspecified atom stereocenters. The highest BCUT2D eigenvalue weighted by atomic mass is 16.5. The molecular formula is C19H25N7O2. The zero-order valence-corrected chi connectivity index (χ0v) is 15.8. The number of nitrogens with two attached hydrogens (primary N) is 1. The van der Waals surface area contributed by atoms with Gasteiger partial charge >= 0.3 is 0 Å². The second-order valence-electron chi connectivity index (χ2n) is 7.66. The first-order chi connectivity index (χ1) is 13.7. The SMILES string of the molecule is Nc1nn(-c2ccn[nH]2)c2nc(N3CCOCC3)cc(C3(O)CCCCC3)c12. The number of pyridine rings is 1. The second kappa shape index (κ2) is 6.75.